The zero-order valence-electron chi connectivity index (χ0n) is 12.1. The van der Waals surface area contributed by atoms with Gasteiger partial charge in [0.05, 0.1) is 0 Å². The lowest BCUT2D eigenvalue weighted by Crippen LogP contribution is -2.17. The maximum absolute atomic E-state index is 11.1. The van der Waals surface area contributed by atoms with Gasteiger partial charge in [0.1, 0.15) is 5.75 Å². The lowest BCUT2D eigenvalue weighted by molar-refractivity contribution is 0.211. The third-order valence-electron chi connectivity index (χ3n) is 3.23. The minimum atomic E-state index is -0.792. The van der Waals surface area contributed by atoms with Gasteiger partial charge in [-0.3, -0.25) is 0 Å². The Bertz CT molecular complexity index is 597. The monoisotopic (exact) mass is 284 g/mol. The van der Waals surface area contributed by atoms with E-state index in [1.54, 1.807) is 0 Å². The van der Waals surface area contributed by atoms with Gasteiger partial charge in [0.2, 0.25) is 0 Å². The lowest BCUT2D eigenvalue weighted by atomic mass is 10.0. The van der Waals surface area contributed by atoms with Crippen LogP contribution in [0.3, 0.4) is 0 Å². The molecule has 0 bridgehead atoms. The van der Waals surface area contributed by atoms with Crippen molar-refractivity contribution in [3.8, 4) is 16.9 Å². The van der Waals surface area contributed by atoms with Crippen molar-refractivity contribution in [3.63, 3.8) is 0 Å². The molecule has 0 aliphatic rings. The van der Waals surface area contributed by atoms with Gasteiger partial charge >= 0.3 is 6.09 Å². The van der Waals surface area contributed by atoms with Crippen LogP contribution >= 0.6 is 0 Å². The van der Waals surface area contributed by atoms with Crippen LogP contribution in [0.5, 0.6) is 5.75 Å². The number of ether oxygens (including phenoxy) is 1. The molecule has 3 N–H and O–H groups in total. The molecule has 0 unspecified atom stereocenters. The van der Waals surface area contributed by atoms with Crippen LogP contribution in [0.4, 0.5) is 4.79 Å². The number of aryl methyl sites for hydroxylation is 1. The Morgan fingerprint density at radius 1 is 1.19 bits per heavy atom. The van der Waals surface area contributed by atoms with Crippen molar-refractivity contribution in [2.45, 2.75) is 12.8 Å². The second-order valence-electron chi connectivity index (χ2n) is 4.82. The van der Waals surface area contributed by atoms with E-state index < -0.39 is 6.09 Å². The fourth-order valence-electron chi connectivity index (χ4n) is 2.24. The van der Waals surface area contributed by atoms with E-state index >= 15 is 0 Å². The summed E-state index contributed by atoms with van der Waals surface area (Å²) < 4.78 is 5.17. The number of primary amides is 1. The van der Waals surface area contributed by atoms with Crippen LogP contribution < -0.4 is 15.8 Å². The van der Waals surface area contributed by atoms with E-state index in [0.29, 0.717) is 5.75 Å². The highest BCUT2D eigenvalue weighted by Crippen LogP contribution is 2.31. The molecule has 0 spiro atoms. The Balaban J connectivity index is 2.29. The van der Waals surface area contributed by atoms with E-state index in [4.69, 9.17) is 10.5 Å². The van der Waals surface area contributed by atoms with Crippen LogP contribution in [0.15, 0.2) is 48.5 Å². The molecule has 110 valence electrons. The molecule has 0 atom stereocenters. The normalized spacial score (nSPS) is 10.3. The van der Waals surface area contributed by atoms with Crippen LogP contribution in [0.25, 0.3) is 11.1 Å². The number of carbonyl (C=O) groups excluding carboxylic acids is 1. The molecule has 0 aliphatic carbocycles. The molecule has 0 aliphatic heterocycles. The predicted molar refractivity (Wildman–Crippen MR) is 84.3 cm³/mol. The summed E-state index contributed by atoms with van der Waals surface area (Å²) in [6.45, 7) is 0.951. The summed E-state index contributed by atoms with van der Waals surface area (Å²) in [7, 11) is 1.93. The molecule has 2 rings (SSSR count). The lowest BCUT2D eigenvalue weighted by Gasteiger charge is -2.11. The fraction of sp³-hybridized carbons (Fsp3) is 0.235. The Morgan fingerprint density at radius 3 is 2.62 bits per heavy atom. The standard InChI is InChI=1S/C17H20N2O2/c1-19-11-5-6-13-9-10-15(14-7-3-2-4-8-14)16(12-13)21-17(18)20/h2-4,7-10,12,19H,5-6,11H2,1H3,(H2,18,20). The zero-order valence-corrected chi connectivity index (χ0v) is 12.1. The number of rotatable bonds is 6. The third-order valence-corrected chi connectivity index (χ3v) is 3.23. The summed E-state index contributed by atoms with van der Waals surface area (Å²) in [5, 5.41) is 3.12. The van der Waals surface area contributed by atoms with E-state index in [9.17, 15) is 4.79 Å². The van der Waals surface area contributed by atoms with Crippen LogP contribution in [0, 0.1) is 0 Å². The molecule has 21 heavy (non-hydrogen) atoms. The van der Waals surface area contributed by atoms with Crippen LogP contribution in [-0.2, 0) is 6.42 Å². The van der Waals surface area contributed by atoms with E-state index in [2.05, 4.69) is 11.4 Å². The Labute approximate surface area is 124 Å². The minimum absolute atomic E-state index is 0.510. The number of nitrogens with two attached hydrogens (primary N) is 1. The molecule has 0 saturated heterocycles. The SMILES string of the molecule is CNCCCc1ccc(-c2ccccc2)c(OC(N)=O)c1. The minimum Gasteiger partial charge on any atom is -0.410 e. The van der Waals surface area contributed by atoms with Gasteiger partial charge in [0, 0.05) is 5.56 Å². The summed E-state index contributed by atoms with van der Waals surface area (Å²) in [5.41, 5.74) is 8.16. The van der Waals surface area contributed by atoms with E-state index in [-0.39, 0.29) is 0 Å². The highest BCUT2D eigenvalue weighted by molar-refractivity contribution is 5.76. The molecule has 0 aromatic heterocycles. The van der Waals surface area contributed by atoms with Crippen molar-refractivity contribution in [1.82, 2.24) is 5.32 Å². The van der Waals surface area contributed by atoms with Gasteiger partial charge in [-0.2, -0.15) is 0 Å². The van der Waals surface area contributed by atoms with Gasteiger partial charge in [-0.1, -0.05) is 42.5 Å². The van der Waals surface area contributed by atoms with Crippen molar-refractivity contribution >= 4 is 6.09 Å². The summed E-state index contributed by atoms with van der Waals surface area (Å²) >= 11 is 0. The quantitative estimate of drug-likeness (QED) is 0.802. The first-order valence-electron chi connectivity index (χ1n) is 7.01. The smallest absolute Gasteiger partial charge is 0.409 e. The topological polar surface area (TPSA) is 64.3 Å². The highest BCUT2D eigenvalue weighted by Gasteiger charge is 2.10. The maximum Gasteiger partial charge on any atom is 0.409 e. The van der Waals surface area contributed by atoms with Gasteiger partial charge in [0.15, 0.2) is 0 Å². The highest BCUT2D eigenvalue weighted by atomic mass is 16.5. The first-order valence-corrected chi connectivity index (χ1v) is 7.01. The molecule has 1 amide bonds. The van der Waals surface area contributed by atoms with Gasteiger partial charge < -0.3 is 15.8 Å². The fourth-order valence-corrected chi connectivity index (χ4v) is 2.24. The van der Waals surface area contributed by atoms with Crippen molar-refractivity contribution in [1.29, 1.82) is 0 Å². The molecule has 0 fully saturated rings. The number of amides is 1. The van der Waals surface area contributed by atoms with E-state index in [1.807, 2.05) is 49.5 Å². The average Bonchev–Trinajstić information content (AvgIpc) is 2.48. The zero-order chi connectivity index (χ0) is 15.1. The number of hydrogen-bond donors (Lipinski definition) is 2. The van der Waals surface area contributed by atoms with Gasteiger partial charge in [0.25, 0.3) is 0 Å². The number of carbonyl (C=O) groups is 1. The van der Waals surface area contributed by atoms with E-state index in [1.165, 1.54) is 0 Å². The summed E-state index contributed by atoms with van der Waals surface area (Å²) in [4.78, 5) is 11.1. The summed E-state index contributed by atoms with van der Waals surface area (Å²) in [6.07, 6.45) is 1.15. The number of benzene rings is 2. The molecule has 4 nitrogen and oxygen atoms in total. The number of nitrogens with one attached hydrogen (secondary N) is 1. The molecule has 4 heteroatoms. The number of hydrogen-bond acceptors (Lipinski definition) is 3. The molecule has 2 aromatic carbocycles. The molecule has 2 aromatic rings. The summed E-state index contributed by atoms with van der Waals surface area (Å²) in [5.74, 6) is 0.510. The largest absolute Gasteiger partial charge is 0.410 e. The first kappa shape index (κ1) is 15.1. The average molecular weight is 284 g/mol. The van der Waals surface area contributed by atoms with Gasteiger partial charge in [-0.25, -0.2) is 4.79 Å². The summed E-state index contributed by atoms with van der Waals surface area (Å²) in [6, 6.07) is 15.7. The second kappa shape index (κ2) is 7.45. The molecule has 0 radical (unpaired) electrons. The molecular weight excluding hydrogens is 264 g/mol. The predicted octanol–water partition coefficient (Wildman–Crippen LogP) is 2.96. The second-order valence-corrected chi connectivity index (χ2v) is 4.82. The van der Waals surface area contributed by atoms with E-state index in [0.717, 1.165) is 36.1 Å². The molecule has 0 saturated carbocycles. The van der Waals surface area contributed by atoms with Crippen LogP contribution in [0.2, 0.25) is 0 Å². The van der Waals surface area contributed by atoms with Crippen LogP contribution in [-0.4, -0.2) is 19.7 Å². The van der Waals surface area contributed by atoms with Gasteiger partial charge in [-0.05, 0) is 43.6 Å². The Kier molecular flexibility index (Phi) is 5.35. The molecular formula is C17H20N2O2. The Hall–Kier alpha value is -2.33. The third kappa shape index (κ3) is 4.33. The van der Waals surface area contributed by atoms with Crippen molar-refractivity contribution in [3.05, 3.63) is 54.1 Å². The van der Waals surface area contributed by atoms with Crippen molar-refractivity contribution < 1.29 is 9.53 Å². The molecule has 0 heterocycles. The van der Waals surface area contributed by atoms with Crippen LogP contribution in [0.1, 0.15) is 12.0 Å². The Morgan fingerprint density at radius 2 is 1.95 bits per heavy atom. The maximum atomic E-state index is 11.1. The first-order chi connectivity index (χ1) is 10.2. The van der Waals surface area contributed by atoms with Crippen molar-refractivity contribution in [2.24, 2.45) is 5.73 Å². The van der Waals surface area contributed by atoms with Gasteiger partial charge in [-0.15, -0.1) is 0 Å². The van der Waals surface area contributed by atoms with Crippen molar-refractivity contribution in [2.75, 3.05) is 13.6 Å².